The molecule has 0 aromatic carbocycles. The molecular formula is C42H76N4O4. The monoisotopic (exact) mass is 701 g/mol. The zero-order valence-corrected chi connectivity index (χ0v) is 32.8. The minimum absolute atomic E-state index is 0.0138. The van der Waals surface area contributed by atoms with Crippen molar-refractivity contribution in [1.29, 1.82) is 0 Å². The minimum Gasteiger partial charge on any atom is -0.338 e. The second kappa shape index (κ2) is 23.4. The molecule has 0 radical (unpaired) electrons. The van der Waals surface area contributed by atoms with Crippen LogP contribution in [-0.2, 0) is 9.59 Å². The molecule has 6 amide bonds. The number of urea groups is 2. The number of hydrogen-bond acceptors (Lipinski definition) is 4. The van der Waals surface area contributed by atoms with E-state index in [9.17, 15) is 19.2 Å². The number of nitrogens with one attached hydrogen (secondary N) is 2. The number of rotatable bonds is 26. The molecule has 2 bridgehead atoms. The van der Waals surface area contributed by atoms with Gasteiger partial charge in [-0.25, -0.2) is 9.59 Å². The van der Waals surface area contributed by atoms with E-state index >= 15 is 0 Å². The summed E-state index contributed by atoms with van der Waals surface area (Å²) in [5.74, 6) is 2.43. The summed E-state index contributed by atoms with van der Waals surface area (Å²) >= 11 is 0. The lowest BCUT2D eigenvalue weighted by atomic mass is 9.68. The number of hydrogen-bond donors (Lipinski definition) is 2. The lowest BCUT2D eigenvalue weighted by molar-refractivity contribution is -0.129. The van der Waals surface area contributed by atoms with E-state index in [-0.39, 0.29) is 29.3 Å². The highest BCUT2D eigenvalue weighted by Gasteiger charge is 2.60. The van der Waals surface area contributed by atoms with E-state index in [0.29, 0.717) is 62.7 Å². The van der Waals surface area contributed by atoms with Gasteiger partial charge in [0.2, 0.25) is 11.8 Å². The summed E-state index contributed by atoms with van der Waals surface area (Å²) in [5.41, 5.74) is 0.205. The third-order valence-electron chi connectivity index (χ3n) is 12.6. The van der Waals surface area contributed by atoms with Gasteiger partial charge in [-0.3, -0.25) is 19.4 Å². The predicted molar refractivity (Wildman–Crippen MR) is 205 cm³/mol. The lowest BCUT2D eigenvalue weighted by Gasteiger charge is -2.38. The first kappa shape index (κ1) is 42.3. The molecule has 0 aliphatic heterocycles. The highest BCUT2D eigenvalue weighted by atomic mass is 16.2. The number of amides is 6. The molecule has 0 saturated heterocycles. The van der Waals surface area contributed by atoms with Crippen molar-refractivity contribution in [2.24, 2.45) is 29.1 Å². The van der Waals surface area contributed by atoms with Crippen molar-refractivity contribution < 1.29 is 19.2 Å². The average molecular weight is 701 g/mol. The van der Waals surface area contributed by atoms with Crippen molar-refractivity contribution in [3.8, 4) is 0 Å². The van der Waals surface area contributed by atoms with E-state index in [1.54, 1.807) is 9.80 Å². The molecule has 3 aliphatic rings. The predicted octanol–water partition coefficient (Wildman–Crippen LogP) is 10.4. The topological polar surface area (TPSA) is 98.8 Å². The van der Waals surface area contributed by atoms with Gasteiger partial charge in [0.15, 0.2) is 0 Å². The van der Waals surface area contributed by atoms with E-state index < -0.39 is 0 Å². The van der Waals surface area contributed by atoms with Gasteiger partial charge in [0, 0.05) is 39.0 Å². The van der Waals surface area contributed by atoms with Gasteiger partial charge in [0.25, 0.3) is 0 Å². The maximum absolute atomic E-state index is 13.4. The van der Waals surface area contributed by atoms with Crippen LogP contribution < -0.4 is 10.6 Å². The van der Waals surface area contributed by atoms with Crippen LogP contribution in [0.2, 0.25) is 0 Å². The average Bonchev–Trinajstić information content (AvgIpc) is 3.82. The molecule has 3 aliphatic carbocycles. The van der Waals surface area contributed by atoms with Crippen LogP contribution in [0.3, 0.4) is 0 Å². The van der Waals surface area contributed by atoms with Gasteiger partial charge >= 0.3 is 12.1 Å². The molecule has 8 nitrogen and oxygen atoms in total. The van der Waals surface area contributed by atoms with Crippen molar-refractivity contribution in [1.82, 2.24) is 20.4 Å². The van der Waals surface area contributed by atoms with Gasteiger partial charge in [-0.2, -0.15) is 0 Å². The molecule has 0 aromatic rings. The van der Waals surface area contributed by atoms with Crippen LogP contribution in [0.25, 0.3) is 0 Å². The van der Waals surface area contributed by atoms with Crippen molar-refractivity contribution in [3.05, 3.63) is 0 Å². The summed E-state index contributed by atoms with van der Waals surface area (Å²) in [5, 5.41) is 6.15. The second-order valence-electron chi connectivity index (χ2n) is 16.2. The number of fused-ring (bicyclic) bond motifs is 5. The first-order valence-electron chi connectivity index (χ1n) is 21.5. The molecule has 50 heavy (non-hydrogen) atoms. The zero-order chi connectivity index (χ0) is 36.2. The molecule has 0 heterocycles. The summed E-state index contributed by atoms with van der Waals surface area (Å²) in [6.45, 7) is 11.0. The Morgan fingerprint density at radius 3 is 1.62 bits per heavy atom. The number of nitrogens with zero attached hydrogens (tertiary/aromatic N) is 2. The number of imide groups is 2. The molecule has 5 unspecified atom stereocenters. The first-order chi connectivity index (χ1) is 24.3. The Hall–Kier alpha value is -2.12. The Labute approximate surface area is 306 Å². The van der Waals surface area contributed by atoms with E-state index in [0.717, 1.165) is 109 Å². The summed E-state index contributed by atoms with van der Waals surface area (Å²) in [7, 11) is 0. The Kier molecular flexibility index (Phi) is 19.8. The van der Waals surface area contributed by atoms with E-state index in [1.165, 1.54) is 38.5 Å². The van der Waals surface area contributed by atoms with Crippen molar-refractivity contribution >= 4 is 23.9 Å². The Morgan fingerprint density at radius 1 is 0.600 bits per heavy atom. The van der Waals surface area contributed by atoms with E-state index in [4.69, 9.17) is 0 Å². The van der Waals surface area contributed by atoms with Crippen LogP contribution in [0, 0.1) is 29.1 Å². The Bertz CT molecular complexity index is 1020. The summed E-state index contributed by atoms with van der Waals surface area (Å²) < 4.78 is 0. The van der Waals surface area contributed by atoms with Gasteiger partial charge in [-0.1, -0.05) is 105 Å². The van der Waals surface area contributed by atoms with Crippen molar-refractivity contribution in [3.63, 3.8) is 0 Å². The Balaban J connectivity index is 1.61. The highest BCUT2D eigenvalue weighted by Crippen LogP contribution is 2.68. The standard InChI is InChI=1S/C42H76N4O4/c1-5-9-13-17-21-37(47)45(40(49)43-29-19-15-11-7-3)31-26-34-23-24-36-39(34)35-25-27-42(36,33-35)28-32-46(38(48)22-18-14-10-6-2)41(50)44-30-20-16-12-8-4/h34-36,39H,5-33H2,1-4H3,(H,43,49)(H,44,50). The fraction of sp³-hybridized carbons (Fsp3) is 0.905. The molecule has 8 heteroatoms. The molecule has 3 rings (SSSR count). The van der Waals surface area contributed by atoms with Crippen molar-refractivity contribution in [2.75, 3.05) is 26.2 Å². The molecule has 3 fully saturated rings. The lowest BCUT2D eigenvalue weighted by Crippen LogP contribution is -2.46. The quantitative estimate of drug-likeness (QED) is 0.0878. The summed E-state index contributed by atoms with van der Waals surface area (Å²) in [6, 6.07) is -0.404. The molecule has 3 saturated carbocycles. The molecule has 288 valence electrons. The number of unbranched alkanes of at least 4 members (excludes halogenated alkanes) is 12. The second-order valence-corrected chi connectivity index (χ2v) is 16.2. The summed E-state index contributed by atoms with van der Waals surface area (Å²) in [4.78, 5) is 56.6. The fourth-order valence-corrected chi connectivity index (χ4v) is 9.82. The fourth-order valence-electron chi connectivity index (χ4n) is 9.82. The molecule has 2 N–H and O–H groups in total. The third kappa shape index (κ3) is 12.8. The third-order valence-corrected chi connectivity index (χ3v) is 12.6. The van der Waals surface area contributed by atoms with Crippen LogP contribution >= 0.6 is 0 Å². The number of carbonyl (C=O) groups is 4. The van der Waals surface area contributed by atoms with Gasteiger partial charge < -0.3 is 10.6 Å². The zero-order valence-electron chi connectivity index (χ0n) is 32.8. The van der Waals surface area contributed by atoms with Crippen LogP contribution in [0.5, 0.6) is 0 Å². The van der Waals surface area contributed by atoms with Crippen molar-refractivity contribution in [2.45, 2.75) is 188 Å². The largest absolute Gasteiger partial charge is 0.338 e. The van der Waals surface area contributed by atoms with Gasteiger partial charge in [-0.15, -0.1) is 0 Å². The van der Waals surface area contributed by atoms with Crippen LogP contribution in [0.15, 0.2) is 0 Å². The van der Waals surface area contributed by atoms with Gasteiger partial charge in [-0.05, 0) is 99.7 Å². The SMILES string of the molecule is CCCCCCNC(=O)N(CCC1CCC2C1C1CCC2(CCN(C(=O)CCCCCC)C(=O)NCCCCCC)C1)C(=O)CCCCCC. The maximum atomic E-state index is 13.4. The van der Waals surface area contributed by atoms with E-state index in [2.05, 4.69) is 38.3 Å². The normalized spacial score (nSPS) is 23.5. The minimum atomic E-state index is -0.205. The van der Waals surface area contributed by atoms with Crippen LogP contribution in [0.1, 0.15) is 188 Å². The smallest absolute Gasteiger partial charge is 0.324 e. The highest BCUT2D eigenvalue weighted by molar-refractivity contribution is 5.95. The molecule has 0 spiro atoms. The Morgan fingerprint density at radius 2 is 1.10 bits per heavy atom. The van der Waals surface area contributed by atoms with E-state index in [1.807, 2.05) is 0 Å². The maximum Gasteiger partial charge on any atom is 0.324 e. The molecule has 5 atom stereocenters. The molecule has 0 aromatic heterocycles. The van der Waals surface area contributed by atoms with Crippen LogP contribution in [-0.4, -0.2) is 59.9 Å². The first-order valence-corrected chi connectivity index (χ1v) is 21.5. The van der Waals surface area contributed by atoms with Gasteiger partial charge in [0.1, 0.15) is 0 Å². The molecular weight excluding hydrogens is 624 g/mol. The van der Waals surface area contributed by atoms with Gasteiger partial charge in [0.05, 0.1) is 0 Å². The summed E-state index contributed by atoms with van der Waals surface area (Å²) in [6.07, 6.45) is 25.7. The van der Waals surface area contributed by atoms with Crippen LogP contribution in [0.4, 0.5) is 9.59 Å². The number of carbonyl (C=O) groups excluding carboxylic acids is 4.